The van der Waals surface area contributed by atoms with Gasteiger partial charge in [0.25, 0.3) is 0 Å². The molecule has 0 saturated heterocycles. The van der Waals surface area contributed by atoms with Gasteiger partial charge in [-0.05, 0) is 235 Å². The van der Waals surface area contributed by atoms with E-state index in [1.165, 1.54) is 70.6 Å². The molecule has 18 aromatic heterocycles. The van der Waals surface area contributed by atoms with Crippen molar-refractivity contribution < 1.29 is 9.05 Å². The minimum Gasteiger partial charge on any atom is -0.360 e. The van der Waals surface area contributed by atoms with E-state index in [1.54, 1.807) is 46.8 Å². The fraction of sp³-hybridized carbons (Fsp3) is 0.308. The van der Waals surface area contributed by atoms with E-state index in [2.05, 4.69) is 393 Å². The molecule has 0 radical (unpaired) electrons. The minimum absolute atomic E-state index is 0.338. The zero-order valence-electron chi connectivity index (χ0n) is 79.5. The van der Waals surface area contributed by atoms with E-state index in [-0.39, 0.29) is 0 Å². The second-order valence-electron chi connectivity index (χ2n) is 35.3. The third-order valence-corrected chi connectivity index (χ3v) is 24.8. The Hall–Kier alpha value is -13.2. The molecule has 131 heavy (non-hydrogen) atoms. The van der Waals surface area contributed by atoms with Crippen LogP contribution in [0.25, 0.3) is 104 Å². The smallest absolute Gasteiger partial charge is 0.165 e. The van der Waals surface area contributed by atoms with E-state index in [9.17, 15) is 0 Å². The van der Waals surface area contributed by atoms with Crippen LogP contribution in [0.5, 0.6) is 0 Å². The number of thiazole rings is 1. The third-order valence-electron chi connectivity index (χ3n) is 21.7. The van der Waals surface area contributed by atoms with Crippen LogP contribution in [0.2, 0.25) is 0 Å². The fourth-order valence-electron chi connectivity index (χ4n) is 14.8. The number of rotatable bonds is 11. The summed E-state index contributed by atoms with van der Waals surface area (Å²) >= 11 is 4.75. The Labute approximate surface area is 780 Å². The second kappa shape index (κ2) is 46.4. The summed E-state index contributed by atoms with van der Waals surface area (Å²) in [5, 5.41) is 38.7. The van der Waals surface area contributed by atoms with Gasteiger partial charge >= 0.3 is 0 Å². The van der Waals surface area contributed by atoms with Crippen molar-refractivity contribution in [3.05, 3.63) is 329 Å². The van der Waals surface area contributed by atoms with E-state index in [0.29, 0.717) is 65.2 Å². The lowest BCUT2D eigenvalue weighted by Gasteiger charge is -2.08. The van der Waals surface area contributed by atoms with Crippen LogP contribution in [0.1, 0.15) is 273 Å². The first kappa shape index (κ1) is 96.9. The third kappa shape index (κ3) is 24.7. The normalized spacial score (nSPS) is 11.3. The molecule has 0 saturated carbocycles. The van der Waals surface area contributed by atoms with E-state index >= 15 is 0 Å². The Bertz CT molecular complexity index is 5910. The number of hydrogen-bond donors (Lipinski definition) is 3. The lowest BCUT2D eigenvalue weighted by molar-refractivity contribution is 0.378. The number of pyridine rings is 5. The SMILES string of the molecule is CC(C)c1[nH]nc2ccccc12.CC(C)c1[nH]nc2cccnc12.CC(C)c1[nH]nc2scnc12.CC(C)c1ccc2ccccn12.CC(C)c1ccc2cccnn12.CC(C)c1ccn2ccccc12.CC(C)c1onc2ccccc12.CC(C)c1onc2cccnc12.CC(C)c1snc2ccccc12.CC(C)c1snc2cccnc12.CC(C)n1ccc2ccccc21. The van der Waals surface area contributed by atoms with Crippen molar-refractivity contribution in [2.24, 2.45) is 0 Å². The highest BCUT2D eigenvalue weighted by Crippen LogP contribution is 2.33. The maximum absolute atomic E-state index is 5.23. The fourth-order valence-corrected chi connectivity index (χ4v) is 17.1. The van der Waals surface area contributed by atoms with Gasteiger partial charge in [-0.15, -0.1) is 11.3 Å². The molecule has 0 unspecified atom stereocenters. The molecule has 24 heteroatoms. The van der Waals surface area contributed by atoms with E-state index in [0.717, 1.165) is 88.3 Å². The average Bonchev–Trinajstić information content (AvgIpc) is 1.66. The van der Waals surface area contributed by atoms with Crippen LogP contribution in [0.3, 0.4) is 0 Å². The molecule has 18 heterocycles. The van der Waals surface area contributed by atoms with Crippen molar-refractivity contribution in [3.63, 3.8) is 0 Å². The molecule has 0 aliphatic rings. The lowest BCUT2D eigenvalue weighted by atomic mass is 10.1. The number of benzene rings is 4. The standard InChI is InChI=1S/3C11H13N.2C10H12N2.C10H11NO.C10H11NS.C9H11N3.C9H10N2O.C9H10N2S.C7H9N3S/c1-9(2)11-7-6-10-5-3-4-8-12(10)11;1-9(2)10-6-8-12-7-4-3-5-11(10)12;1-9(2)12-8-7-10-5-3-4-6-11(10)12;1-8(2)10-6-5-9-4-3-7-11-12(9)10;3*1-7(2)10-8-5-3-4-6-9(8)11-12-10;1-6(2)8-9-7(11-12-8)4-3-5-10-9;2*1-6(2)9-8-7(11-12-9)4-3-5-10-8;1-4(2)5-6-7(10-9-5)11-3-8-6/h3*3-9H,1-2H3;3-8H,1-2H3;3-7H,1-2H3,(H,11,12);2*3-7H,1-2H3;3-6H,1-2H3,(H,11,12);2*3-6H,1-2H3;3-4H,1-2H3,(H,9,10). The molecule has 22 aromatic rings. The highest BCUT2D eigenvalue weighted by molar-refractivity contribution is 7.16. The van der Waals surface area contributed by atoms with Gasteiger partial charge in [-0.3, -0.25) is 30.2 Å². The van der Waals surface area contributed by atoms with Crippen molar-refractivity contribution in [1.29, 1.82) is 0 Å². The largest absolute Gasteiger partial charge is 0.360 e. The summed E-state index contributed by atoms with van der Waals surface area (Å²) in [5.41, 5.74) is 24.4. The Kier molecular flexibility index (Phi) is 34.3. The van der Waals surface area contributed by atoms with Crippen molar-refractivity contribution in [2.75, 3.05) is 0 Å². The first-order chi connectivity index (χ1) is 63.2. The Morgan fingerprint density at radius 1 is 0.321 bits per heavy atom. The zero-order valence-corrected chi connectivity index (χ0v) is 82.0. The number of aromatic amines is 3. The quantitative estimate of drug-likeness (QED) is 0.109. The second-order valence-corrected chi connectivity index (χ2v) is 37.8. The van der Waals surface area contributed by atoms with Gasteiger partial charge in [0.15, 0.2) is 10.6 Å². The summed E-state index contributed by atoms with van der Waals surface area (Å²) in [5.74, 6) is 6.86. The van der Waals surface area contributed by atoms with Gasteiger partial charge in [0.05, 0.1) is 38.3 Å². The molecule has 22 rings (SSSR count). The van der Waals surface area contributed by atoms with Crippen LogP contribution >= 0.6 is 34.4 Å². The molecule has 678 valence electrons. The molecule has 0 aliphatic heterocycles. The predicted octanol–water partition coefficient (Wildman–Crippen LogP) is 30.2. The van der Waals surface area contributed by atoms with Gasteiger partial charge in [-0.1, -0.05) is 228 Å². The van der Waals surface area contributed by atoms with E-state index in [1.807, 2.05) is 113 Å². The summed E-state index contributed by atoms with van der Waals surface area (Å²) in [4.78, 5) is 20.7. The van der Waals surface area contributed by atoms with Crippen molar-refractivity contribution in [1.82, 2.24) is 92.6 Å². The van der Waals surface area contributed by atoms with Crippen LogP contribution in [-0.4, -0.2) is 92.6 Å². The first-order valence-electron chi connectivity index (χ1n) is 45.4. The van der Waals surface area contributed by atoms with Gasteiger partial charge in [-0.25, -0.2) is 9.50 Å². The van der Waals surface area contributed by atoms with Crippen LogP contribution in [0, 0.1) is 0 Å². The molecule has 4 aromatic carbocycles. The maximum atomic E-state index is 5.23. The van der Waals surface area contributed by atoms with Gasteiger partial charge in [0.2, 0.25) is 0 Å². The van der Waals surface area contributed by atoms with Gasteiger partial charge < -0.3 is 22.4 Å². The molecule has 0 spiro atoms. The Balaban J connectivity index is 0.000000130. The number of nitrogens with one attached hydrogen (secondary N) is 3. The topological polar surface area (TPSA) is 246 Å². The summed E-state index contributed by atoms with van der Waals surface area (Å²) in [6.07, 6.45) is 15.7. The van der Waals surface area contributed by atoms with Crippen LogP contribution in [-0.2, 0) is 0 Å². The van der Waals surface area contributed by atoms with Crippen molar-refractivity contribution >= 4 is 138 Å². The summed E-state index contributed by atoms with van der Waals surface area (Å²) in [7, 11) is 0. The molecule has 0 aliphatic carbocycles. The molecule has 0 fully saturated rings. The Morgan fingerprint density at radius 3 is 1.53 bits per heavy atom. The molecule has 3 N–H and O–H groups in total. The molecule has 21 nitrogen and oxygen atoms in total. The molecule has 0 amide bonds. The number of hydrogen-bond acceptors (Lipinski definition) is 17. The number of H-pyrrole nitrogens is 3. The predicted molar refractivity (Wildman–Crippen MR) is 548 cm³/mol. The van der Waals surface area contributed by atoms with Crippen molar-refractivity contribution in [3.8, 4) is 0 Å². The summed E-state index contributed by atoms with van der Waals surface area (Å²) < 4.78 is 27.8. The molecule has 0 bridgehead atoms. The monoisotopic (exact) mass is 1800 g/mol. The number of fused-ring (bicyclic) bond motifs is 11. The lowest BCUT2D eigenvalue weighted by Crippen LogP contribution is -1.97. The zero-order chi connectivity index (χ0) is 93.4. The van der Waals surface area contributed by atoms with E-state index in [4.69, 9.17) is 9.05 Å². The molecular formula is C107H125N19O2S3. The van der Waals surface area contributed by atoms with Gasteiger partial charge in [0, 0.05) is 122 Å². The summed E-state index contributed by atoms with van der Waals surface area (Å²) in [6.45, 7) is 47.6. The van der Waals surface area contributed by atoms with Crippen molar-refractivity contribution in [2.45, 2.75) is 218 Å². The number of nitrogens with zero attached hydrogens (tertiary/aromatic N) is 16. The number of para-hydroxylation sites is 2. The van der Waals surface area contributed by atoms with Crippen LogP contribution in [0.4, 0.5) is 0 Å². The maximum Gasteiger partial charge on any atom is 0.165 e. The Morgan fingerprint density at radius 2 is 0.840 bits per heavy atom. The highest BCUT2D eigenvalue weighted by atomic mass is 32.1. The van der Waals surface area contributed by atoms with Gasteiger partial charge in [-0.2, -0.15) is 29.1 Å². The molecular weight excluding hydrogens is 1680 g/mol. The van der Waals surface area contributed by atoms with Gasteiger partial charge in [0.1, 0.15) is 49.9 Å². The number of aromatic nitrogens is 19. The minimum atomic E-state index is 0.338. The van der Waals surface area contributed by atoms with E-state index < -0.39 is 0 Å². The molecule has 0 atom stereocenters. The van der Waals surface area contributed by atoms with Crippen LogP contribution < -0.4 is 0 Å². The average molecular weight is 1810 g/mol. The summed E-state index contributed by atoms with van der Waals surface area (Å²) in [6, 6.07) is 74.6. The highest BCUT2D eigenvalue weighted by Gasteiger charge is 2.17. The first-order valence-corrected chi connectivity index (χ1v) is 47.8. The van der Waals surface area contributed by atoms with Crippen LogP contribution in [0.15, 0.2) is 283 Å².